The molecule has 1 heterocycles. The zero-order valence-electron chi connectivity index (χ0n) is 15.4. The molecule has 3 nitrogen and oxygen atoms in total. The van der Waals surface area contributed by atoms with Crippen molar-refractivity contribution in [2.24, 2.45) is 0 Å². The van der Waals surface area contributed by atoms with Crippen LogP contribution in [0.15, 0.2) is 72.5 Å². The number of Topliss-reactive ketones (excluding diaryl/α,β-unsaturated/α-hetero) is 1. The molecule has 0 spiro atoms. The van der Waals surface area contributed by atoms with Gasteiger partial charge in [-0.05, 0) is 53.5 Å². The van der Waals surface area contributed by atoms with Crippen LogP contribution >= 0.6 is 11.6 Å². The molecular weight excluding hydrogens is 372 g/mol. The van der Waals surface area contributed by atoms with Crippen molar-refractivity contribution in [2.45, 2.75) is 20.0 Å². The van der Waals surface area contributed by atoms with Crippen molar-refractivity contribution in [1.82, 2.24) is 0 Å². The van der Waals surface area contributed by atoms with Gasteiger partial charge in [0.05, 0.1) is 5.56 Å². The SMILES string of the molecule is CCc1ccc(C=C2Oc3cc(OCc4ccc(Cl)cc4)ccc3C2=O)cc1. The highest BCUT2D eigenvalue weighted by Gasteiger charge is 2.27. The van der Waals surface area contributed by atoms with Crippen molar-refractivity contribution in [2.75, 3.05) is 0 Å². The van der Waals surface area contributed by atoms with Crippen LogP contribution in [0.4, 0.5) is 0 Å². The van der Waals surface area contributed by atoms with Gasteiger partial charge in [-0.25, -0.2) is 0 Å². The minimum Gasteiger partial charge on any atom is -0.489 e. The van der Waals surface area contributed by atoms with Crippen LogP contribution < -0.4 is 9.47 Å². The van der Waals surface area contributed by atoms with E-state index in [-0.39, 0.29) is 5.78 Å². The first kappa shape index (κ1) is 18.3. The van der Waals surface area contributed by atoms with Gasteiger partial charge in [-0.3, -0.25) is 4.79 Å². The Kier molecular flexibility index (Phi) is 5.18. The van der Waals surface area contributed by atoms with Crippen molar-refractivity contribution in [3.05, 3.63) is 99.8 Å². The summed E-state index contributed by atoms with van der Waals surface area (Å²) in [5.74, 6) is 1.39. The zero-order chi connectivity index (χ0) is 19.5. The molecule has 3 aromatic carbocycles. The number of fused-ring (bicyclic) bond motifs is 1. The summed E-state index contributed by atoms with van der Waals surface area (Å²) >= 11 is 5.90. The second kappa shape index (κ2) is 7.91. The fourth-order valence-electron chi connectivity index (χ4n) is 3.01. The fourth-order valence-corrected chi connectivity index (χ4v) is 3.13. The monoisotopic (exact) mass is 390 g/mol. The van der Waals surface area contributed by atoms with Crippen LogP contribution in [0.5, 0.6) is 11.5 Å². The van der Waals surface area contributed by atoms with Crippen LogP contribution in [0, 0.1) is 0 Å². The summed E-state index contributed by atoms with van der Waals surface area (Å²) in [6, 6.07) is 20.9. The number of ketones is 1. The molecule has 140 valence electrons. The molecule has 4 heteroatoms. The molecule has 1 aliphatic rings. The van der Waals surface area contributed by atoms with Gasteiger partial charge in [0, 0.05) is 11.1 Å². The molecule has 0 N–H and O–H groups in total. The number of carbonyl (C=O) groups excluding carboxylic acids is 1. The molecule has 4 rings (SSSR count). The highest BCUT2D eigenvalue weighted by atomic mass is 35.5. The topological polar surface area (TPSA) is 35.5 Å². The van der Waals surface area contributed by atoms with E-state index in [1.54, 1.807) is 24.3 Å². The van der Waals surface area contributed by atoms with Crippen LogP contribution in [0.2, 0.25) is 5.02 Å². The van der Waals surface area contributed by atoms with Gasteiger partial charge >= 0.3 is 0 Å². The Morgan fingerprint density at radius 1 is 0.964 bits per heavy atom. The van der Waals surface area contributed by atoms with E-state index in [2.05, 4.69) is 19.1 Å². The molecule has 0 saturated heterocycles. The number of hydrogen-bond donors (Lipinski definition) is 0. The van der Waals surface area contributed by atoms with Gasteiger partial charge in [-0.1, -0.05) is 54.9 Å². The van der Waals surface area contributed by atoms with Crippen LogP contribution in [-0.4, -0.2) is 5.78 Å². The lowest BCUT2D eigenvalue weighted by Crippen LogP contribution is -1.98. The third-order valence-electron chi connectivity index (χ3n) is 4.65. The maximum Gasteiger partial charge on any atom is 0.231 e. The van der Waals surface area contributed by atoms with Crippen LogP contribution in [0.1, 0.15) is 34.0 Å². The molecule has 0 amide bonds. The van der Waals surface area contributed by atoms with Crippen molar-refractivity contribution in [3.63, 3.8) is 0 Å². The van der Waals surface area contributed by atoms with Gasteiger partial charge in [-0.2, -0.15) is 0 Å². The Hall–Kier alpha value is -3.04. The van der Waals surface area contributed by atoms with E-state index in [1.807, 2.05) is 36.4 Å². The summed E-state index contributed by atoms with van der Waals surface area (Å²) in [6.45, 7) is 2.52. The van der Waals surface area contributed by atoms with Gasteiger partial charge in [-0.15, -0.1) is 0 Å². The van der Waals surface area contributed by atoms with Gasteiger partial charge < -0.3 is 9.47 Å². The maximum absolute atomic E-state index is 12.6. The van der Waals surface area contributed by atoms with Crippen molar-refractivity contribution >= 4 is 23.5 Å². The summed E-state index contributed by atoms with van der Waals surface area (Å²) in [4.78, 5) is 12.6. The molecule has 0 fully saturated rings. The molecule has 1 aliphatic heterocycles. The normalized spacial score (nSPS) is 14.1. The van der Waals surface area contributed by atoms with Crippen LogP contribution in [0.25, 0.3) is 6.08 Å². The first-order valence-electron chi connectivity index (χ1n) is 9.17. The molecule has 0 saturated carbocycles. The Morgan fingerprint density at radius 3 is 2.39 bits per heavy atom. The second-order valence-corrected chi connectivity index (χ2v) is 7.04. The maximum atomic E-state index is 12.6. The molecule has 0 bridgehead atoms. The molecule has 0 aliphatic carbocycles. The number of ether oxygens (including phenoxy) is 2. The summed E-state index contributed by atoms with van der Waals surface area (Å²) in [5.41, 5.74) is 3.76. The summed E-state index contributed by atoms with van der Waals surface area (Å²) in [5, 5.41) is 0.692. The highest BCUT2D eigenvalue weighted by Crippen LogP contribution is 2.35. The van der Waals surface area contributed by atoms with E-state index in [4.69, 9.17) is 21.1 Å². The minimum atomic E-state index is -0.112. The Labute approximate surface area is 169 Å². The largest absolute Gasteiger partial charge is 0.489 e. The number of hydrogen-bond acceptors (Lipinski definition) is 3. The minimum absolute atomic E-state index is 0.112. The Morgan fingerprint density at radius 2 is 1.68 bits per heavy atom. The Bertz CT molecular complexity index is 1030. The fraction of sp³-hybridized carbons (Fsp3) is 0.125. The first-order valence-corrected chi connectivity index (χ1v) is 9.54. The first-order chi connectivity index (χ1) is 13.6. The predicted molar refractivity (Wildman–Crippen MR) is 111 cm³/mol. The zero-order valence-corrected chi connectivity index (χ0v) is 16.2. The number of aryl methyl sites for hydroxylation is 1. The van der Waals surface area contributed by atoms with Crippen LogP contribution in [-0.2, 0) is 13.0 Å². The van der Waals surface area contributed by atoms with Crippen molar-refractivity contribution in [1.29, 1.82) is 0 Å². The van der Waals surface area contributed by atoms with Crippen LogP contribution in [0.3, 0.4) is 0 Å². The molecule has 0 unspecified atom stereocenters. The van der Waals surface area contributed by atoms with Crippen molar-refractivity contribution in [3.8, 4) is 11.5 Å². The Balaban J connectivity index is 1.49. The van der Waals surface area contributed by atoms with E-state index < -0.39 is 0 Å². The van der Waals surface area contributed by atoms with E-state index in [0.29, 0.717) is 34.5 Å². The number of rotatable bonds is 5. The predicted octanol–water partition coefficient (Wildman–Crippen LogP) is 6.10. The second-order valence-electron chi connectivity index (χ2n) is 6.61. The quantitative estimate of drug-likeness (QED) is 0.494. The summed E-state index contributed by atoms with van der Waals surface area (Å²) < 4.78 is 11.6. The van der Waals surface area contributed by atoms with Gasteiger partial charge in [0.1, 0.15) is 18.1 Å². The molecular formula is C24H19ClO3. The molecule has 0 radical (unpaired) electrons. The third kappa shape index (κ3) is 3.95. The number of benzene rings is 3. The van der Waals surface area contributed by atoms with Gasteiger partial charge in [0.25, 0.3) is 0 Å². The average Bonchev–Trinajstić information content (AvgIpc) is 3.03. The molecule has 28 heavy (non-hydrogen) atoms. The average molecular weight is 391 g/mol. The van der Waals surface area contributed by atoms with E-state index in [1.165, 1.54) is 5.56 Å². The smallest absolute Gasteiger partial charge is 0.231 e. The number of carbonyl (C=O) groups is 1. The standard InChI is InChI=1S/C24H19ClO3/c1-2-16-3-5-17(6-4-16)13-23-24(26)21-12-11-20(14-22(21)28-23)27-15-18-7-9-19(25)10-8-18/h3-14H,2,15H2,1H3. The van der Waals surface area contributed by atoms with Gasteiger partial charge in [0.15, 0.2) is 5.76 Å². The summed E-state index contributed by atoms with van der Waals surface area (Å²) in [7, 11) is 0. The lowest BCUT2D eigenvalue weighted by Gasteiger charge is -2.07. The van der Waals surface area contributed by atoms with E-state index >= 15 is 0 Å². The summed E-state index contributed by atoms with van der Waals surface area (Å²) in [6.07, 6.45) is 2.76. The van der Waals surface area contributed by atoms with Gasteiger partial charge in [0.2, 0.25) is 5.78 Å². The van der Waals surface area contributed by atoms with E-state index in [9.17, 15) is 4.79 Å². The lowest BCUT2D eigenvalue weighted by molar-refractivity contribution is 0.101. The number of allylic oxidation sites excluding steroid dienone is 1. The third-order valence-corrected chi connectivity index (χ3v) is 4.90. The molecule has 3 aromatic rings. The van der Waals surface area contributed by atoms with E-state index in [0.717, 1.165) is 17.5 Å². The molecule has 0 atom stereocenters. The highest BCUT2D eigenvalue weighted by molar-refractivity contribution is 6.30. The van der Waals surface area contributed by atoms with Crippen molar-refractivity contribution < 1.29 is 14.3 Å². The lowest BCUT2D eigenvalue weighted by atomic mass is 10.1. The molecule has 0 aromatic heterocycles. The number of halogens is 1.